The van der Waals surface area contributed by atoms with Gasteiger partial charge in [0.05, 0.1) is 12.2 Å². The number of esters is 1. The van der Waals surface area contributed by atoms with Crippen LogP contribution in [0.15, 0.2) is 9.64 Å². The van der Waals surface area contributed by atoms with Gasteiger partial charge >= 0.3 is 11.9 Å². The first-order valence-corrected chi connectivity index (χ1v) is 6.33. The Morgan fingerprint density at radius 2 is 2.24 bits per heavy atom. The second kappa shape index (κ2) is 6.02. The van der Waals surface area contributed by atoms with Crippen molar-refractivity contribution in [2.24, 2.45) is 0 Å². The third-order valence-electron chi connectivity index (χ3n) is 2.12. The minimum absolute atomic E-state index is 0.162. The largest absolute Gasteiger partial charge is 0.459 e. The molecule has 6 nitrogen and oxygen atoms in total. The maximum atomic E-state index is 11.2. The maximum absolute atomic E-state index is 11.2. The summed E-state index contributed by atoms with van der Waals surface area (Å²) in [5, 5.41) is 17.3. The Kier molecular flexibility index (Phi) is 4.95. The summed E-state index contributed by atoms with van der Waals surface area (Å²) in [4.78, 5) is 11.2. The van der Waals surface area contributed by atoms with Crippen LogP contribution in [-0.2, 0) is 4.74 Å². The first-order chi connectivity index (χ1) is 7.98. The van der Waals surface area contributed by atoms with Crippen molar-refractivity contribution >= 4 is 17.7 Å². The van der Waals surface area contributed by atoms with Crippen molar-refractivity contribution in [1.29, 1.82) is 0 Å². The Bertz CT molecular complexity index is 378. The van der Waals surface area contributed by atoms with E-state index >= 15 is 0 Å². The Morgan fingerprint density at radius 1 is 1.53 bits per heavy atom. The summed E-state index contributed by atoms with van der Waals surface area (Å²) >= 11 is 1.21. The summed E-state index contributed by atoms with van der Waals surface area (Å²) in [6.07, 6.45) is 0.624. The molecule has 0 aliphatic heterocycles. The maximum Gasteiger partial charge on any atom is 0.396 e. The Labute approximate surface area is 104 Å². The van der Waals surface area contributed by atoms with Gasteiger partial charge in [-0.25, -0.2) is 4.79 Å². The van der Waals surface area contributed by atoms with Crippen molar-refractivity contribution in [1.82, 2.24) is 10.2 Å². The molecule has 0 fully saturated rings. The highest BCUT2D eigenvalue weighted by atomic mass is 32.2. The average Bonchev–Trinajstić information content (AvgIpc) is 2.76. The molecule has 0 aromatic carbocycles. The van der Waals surface area contributed by atoms with Crippen molar-refractivity contribution in [2.45, 2.75) is 38.0 Å². The molecule has 0 radical (unpaired) electrons. The second-order valence-electron chi connectivity index (χ2n) is 3.73. The van der Waals surface area contributed by atoms with Crippen molar-refractivity contribution in [3.63, 3.8) is 0 Å². The Balaban J connectivity index is 2.54. The number of aliphatic hydroxyl groups is 1. The molecule has 7 heteroatoms. The van der Waals surface area contributed by atoms with Gasteiger partial charge in [-0.1, -0.05) is 23.8 Å². The van der Waals surface area contributed by atoms with E-state index in [1.54, 1.807) is 13.8 Å². The lowest BCUT2D eigenvalue weighted by molar-refractivity contribution is 0.0475. The number of nitrogens with zero attached hydrogens (tertiary/aromatic N) is 2. The number of carbonyl (C=O) groups is 1. The van der Waals surface area contributed by atoms with Crippen LogP contribution in [-0.4, -0.2) is 39.2 Å². The van der Waals surface area contributed by atoms with Crippen LogP contribution in [0.3, 0.4) is 0 Å². The summed E-state index contributed by atoms with van der Waals surface area (Å²) in [7, 11) is 0. The molecule has 0 saturated heterocycles. The van der Waals surface area contributed by atoms with Crippen LogP contribution in [0.1, 0.15) is 37.9 Å². The lowest BCUT2D eigenvalue weighted by Crippen LogP contribution is -2.25. The second-order valence-corrected chi connectivity index (χ2v) is 4.66. The summed E-state index contributed by atoms with van der Waals surface area (Å²) in [6, 6.07) is 0. The molecule has 0 aliphatic rings. The molecule has 0 amide bonds. The van der Waals surface area contributed by atoms with Gasteiger partial charge in [-0.3, -0.25) is 0 Å². The first-order valence-electron chi connectivity index (χ1n) is 5.34. The van der Waals surface area contributed by atoms with Crippen LogP contribution >= 0.6 is 11.8 Å². The number of ether oxygens (including phenoxy) is 1. The van der Waals surface area contributed by atoms with Gasteiger partial charge in [0.2, 0.25) is 0 Å². The van der Waals surface area contributed by atoms with E-state index < -0.39 is 11.6 Å². The van der Waals surface area contributed by atoms with E-state index in [4.69, 9.17) is 9.15 Å². The standard InChI is InChI=1S/C10H16N2O4S/c1-4-10(3,14)6-17-9-12-11-7(16-9)8(13)15-5-2/h14H,4-6H2,1-3H3. The minimum atomic E-state index is -0.788. The van der Waals surface area contributed by atoms with Gasteiger partial charge in [0.25, 0.3) is 5.22 Å². The molecule has 0 bridgehead atoms. The monoisotopic (exact) mass is 260 g/mol. The minimum Gasteiger partial charge on any atom is -0.459 e. The van der Waals surface area contributed by atoms with Gasteiger partial charge in [0, 0.05) is 5.75 Å². The van der Waals surface area contributed by atoms with E-state index in [1.165, 1.54) is 11.8 Å². The van der Waals surface area contributed by atoms with Crippen LogP contribution in [0.4, 0.5) is 0 Å². The molecule has 1 atom stereocenters. The summed E-state index contributed by atoms with van der Waals surface area (Å²) in [5.74, 6) is -0.367. The normalized spacial score (nSPS) is 14.4. The smallest absolute Gasteiger partial charge is 0.396 e. The number of hydrogen-bond donors (Lipinski definition) is 1. The highest BCUT2D eigenvalue weighted by Gasteiger charge is 2.21. The van der Waals surface area contributed by atoms with E-state index in [9.17, 15) is 9.90 Å². The number of aromatic nitrogens is 2. The quantitative estimate of drug-likeness (QED) is 0.612. The molecule has 0 spiro atoms. The summed E-state index contributed by atoms with van der Waals surface area (Å²) < 4.78 is 9.81. The first kappa shape index (κ1) is 14.0. The van der Waals surface area contributed by atoms with E-state index in [0.717, 1.165) is 0 Å². The van der Waals surface area contributed by atoms with Crippen LogP contribution in [0.5, 0.6) is 0 Å². The fourth-order valence-corrected chi connectivity index (χ4v) is 1.74. The molecule has 0 saturated carbocycles. The zero-order chi connectivity index (χ0) is 12.9. The molecule has 96 valence electrons. The third kappa shape index (κ3) is 4.35. The van der Waals surface area contributed by atoms with E-state index in [2.05, 4.69) is 10.2 Å². The number of carbonyl (C=O) groups excluding carboxylic acids is 1. The van der Waals surface area contributed by atoms with E-state index in [1.807, 2.05) is 6.92 Å². The van der Waals surface area contributed by atoms with Gasteiger partial charge in [0.15, 0.2) is 0 Å². The number of hydrogen-bond acceptors (Lipinski definition) is 7. The number of rotatable bonds is 6. The fourth-order valence-electron chi connectivity index (χ4n) is 0.863. The molecule has 1 N–H and O–H groups in total. The van der Waals surface area contributed by atoms with Crippen molar-refractivity contribution in [3.8, 4) is 0 Å². The fraction of sp³-hybridized carbons (Fsp3) is 0.700. The predicted octanol–water partition coefficient (Wildman–Crippen LogP) is 1.50. The van der Waals surface area contributed by atoms with Gasteiger partial charge < -0.3 is 14.3 Å². The number of thioether (sulfide) groups is 1. The van der Waals surface area contributed by atoms with Crippen molar-refractivity contribution in [2.75, 3.05) is 12.4 Å². The van der Waals surface area contributed by atoms with Gasteiger partial charge in [-0.15, -0.1) is 5.10 Å². The van der Waals surface area contributed by atoms with Gasteiger partial charge in [0.1, 0.15) is 0 Å². The highest BCUT2D eigenvalue weighted by Crippen LogP contribution is 2.23. The molecule has 1 aromatic rings. The SMILES string of the molecule is CCOC(=O)c1nnc(SCC(C)(O)CC)o1. The zero-order valence-electron chi connectivity index (χ0n) is 10.1. The zero-order valence-corrected chi connectivity index (χ0v) is 10.9. The third-order valence-corrected chi connectivity index (χ3v) is 3.30. The molecule has 17 heavy (non-hydrogen) atoms. The molecule has 1 unspecified atom stereocenters. The summed E-state index contributed by atoms with van der Waals surface area (Å²) in [5.41, 5.74) is -0.788. The summed E-state index contributed by atoms with van der Waals surface area (Å²) in [6.45, 7) is 5.57. The van der Waals surface area contributed by atoms with E-state index in [0.29, 0.717) is 12.2 Å². The molecule has 1 aromatic heterocycles. The van der Waals surface area contributed by atoms with E-state index in [-0.39, 0.29) is 17.7 Å². The molecular weight excluding hydrogens is 244 g/mol. The van der Waals surface area contributed by atoms with Crippen LogP contribution in [0.25, 0.3) is 0 Å². The topological polar surface area (TPSA) is 85.5 Å². The van der Waals surface area contributed by atoms with Crippen molar-refractivity contribution < 1.29 is 19.1 Å². The Hall–Kier alpha value is -1.08. The lowest BCUT2D eigenvalue weighted by Gasteiger charge is -2.18. The highest BCUT2D eigenvalue weighted by molar-refractivity contribution is 7.99. The molecule has 1 rings (SSSR count). The van der Waals surface area contributed by atoms with Gasteiger partial charge in [-0.05, 0) is 20.3 Å². The predicted molar refractivity (Wildman–Crippen MR) is 61.9 cm³/mol. The van der Waals surface area contributed by atoms with Crippen LogP contribution in [0, 0.1) is 0 Å². The lowest BCUT2D eigenvalue weighted by atomic mass is 10.1. The van der Waals surface area contributed by atoms with Crippen molar-refractivity contribution in [3.05, 3.63) is 5.89 Å². The molecule has 1 heterocycles. The van der Waals surface area contributed by atoms with Crippen LogP contribution in [0.2, 0.25) is 0 Å². The molecule has 0 aliphatic carbocycles. The van der Waals surface area contributed by atoms with Gasteiger partial charge in [-0.2, -0.15) is 0 Å². The Morgan fingerprint density at radius 3 is 2.82 bits per heavy atom. The van der Waals surface area contributed by atoms with Crippen LogP contribution < -0.4 is 0 Å². The molecular formula is C10H16N2O4S. The average molecular weight is 260 g/mol.